The summed E-state index contributed by atoms with van der Waals surface area (Å²) in [4.78, 5) is 6.80. The average molecular weight is 227 g/mol. The molecule has 72 valence electrons. The Bertz CT molecular complexity index is 423. The van der Waals surface area contributed by atoms with Crippen molar-refractivity contribution in [1.29, 1.82) is 0 Å². The molecule has 0 aliphatic rings. The van der Waals surface area contributed by atoms with E-state index < -0.39 is 0 Å². The van der Waals surface area contributed by atoms with Gasteiger partial charge in [0.2, 0.25) is 5.28 Å². The first-order chi connectivity index (χ1) is 6.75. The maximum absolute atomic E-state index is 5.87. The summed E-state index contributed by atoms with van der Waals surface area (Å²) in [6.07, 6.45) is 0.722. The molecule has 0 amide bonds. The molecule has 1 N–H and O–H groups in total. The molecule has 0 atom stereocenters. The summed E-state index contributed by atoms with van der Waals surface area (Å²) in [5, 5.41) is 0.778. The number of H-pyrrole nitrogens is 1. The van der Waals surface area contributed by atoms with Crippen LogP contribution in [0.1, 0.15) is 11.3 Å². The highest BCUT2D eigenvalue weighted by Gasteiger charge is 2.06. The van der Waals surface area contributed by atoms with Gasteiger partial charge in [-0.2, -0.15) is 0 Å². The molecule has 0 saturated carbocycles. The summed E-state index contributed by atoms with van der Waals surface area (Å²) in [6.45, 7) is 0. The number of halogens is 2. The monoisotopic (exact) mass is 226 g/mol. The van der Waals surface area contributed by atoms with Gasteiger partial charge in [-0.3, -0.25) is 0 Å². The molecule has 0 radical (unpaired) electrons. The topological polar surface area (TPSA) is 28.7 Å². The van der Waals surface area contributed by atoms with Crippen LogP contribution in [0.25, 0.3) is 0 Å². The van der Waals surface area contributed by atoms with E-state index in [1.54, 1.807) is 0 Å². The number of aromatic nitrogens is 2. The predicted molar refractivity (Wildman–Crippen MR) is 57.9 cm³/mol. The van der Waals surface area contributed by atoms with Gasteiger partial charge < -0.3 is 4.98 Å². The van der Waals surface area contributed by atoms with Gasteiger partial charge in [-0.1, -0.05) is 41.9 Å². The van der Waals surface area contributed by atoms with E-state index >= 15 is 0 Å². The van der Waals surface area contributed by atoms with Crippen LogP contribution in [-0.2, 0) is 6.42 Å². The minimum Gasteiger partial charge on any atom is -0.331 e. The van der Waals surface area contributed by atoms with E-state index in [0.717, 1.165) is 12.1 Å². The number of nitrogens with one attached hydrogen (secondary N) is 1. The third-order valence-corrected chi connectivity index (χ3v) is 2.41. The molecule has 0 fully saturated rings. The molecule has 0 saturated heterocycles. The lowest BCUT2D eigenvalue weighted by Gasteiger charge is -1.97. The molecule has 0 spiro atoms. The van der Waals surface area contributed by atoms with Crippen LogP contribution < -0.4 is 0 Å². The van der Waals surface area contributed by atoms with Crippen molar-refractivity contribution in [3.63, 3.8) is 0 Å². The average Bonchev–Trinajstić information content (AvgIpc) is 2.47. The SMILES string of the molecule is Clc1nc(Cl)c(Cc2ccccc2)[nH]1. The van der Waals surface area contributed by atoms with E-state index in [9.17, 15) is 0 Å². The van der Waals surface area contributed by atoms with Crippen molar-refractivity contribution in [2.75, 3.05) is 0 Å². The van der Waals surface area contributed by atoms with Gasteiger partial charge in [0, 0.05) is 6.42 Å². The summed E-state index contributed by atoms with van der Waals surface area (Å²) < 4.78 is 0. The highest BCUT2D eigenvalue weighted by atomic mass is 35.5. The molecule has 2 nitrogen and oxygen atoms in total. The van der Waals surface area contributed by atoms with Gasteiger partial charge in [0.15, 0.2) is 5.15 Å². The van der Waals surface area contributed by atoms with Gasteiger partial charge in [-0.25, -0.2) is 4.98 Å². The van der Waals surface area contributed by atoms with Crippen molar-refractivity contribution >= 4 is 23.2 Å². The van der Waals surface area contributed by atoms with Gasteiger partial charge in [-0.15, -0.1) is 0 Å². The zero-order valence-corrected chi connectivity index (χ0v) is 8.81. The molecule has 4 heteroatoms. The first-order valence-corrected chi connectivity index (χ1v) is 4.95. The Hall–Kier alpha value is -0.990. The molecular formula is C10H8Cl2N2. The van der Waals surface area contributed by atoms with Gasteiger partial charge in [-0.05, 0) is 17.2 Å². The molecule has 0 aliphatic heterocycles. The van der Waals surface area contributed by atoms with E-state index in [4.69, 9.17) is 23.2 Å². The summed E-state index contributed by atoms with van der Waals surface area (Å²) in [5.74, 6) is 0. The number of benzene rings is 1. The van der Waals surface area contributed by atoms with Gasteiger partial charge in [0.25, 0.3) is 0 Å². The zero-order chi connectivity index (χ0) is 9.97. The predicted octanol–water partition coefficient (Wildman–Crippen LogP) is 3.31. The van der Waals surface area contributed by atoms with E-state index in [2.05, 4.69) is 9.97 Å². The Morgan fingerprint density at radius 3 is 2.43 bits per heavy atom. The maximum Gasteiger partial charge on any atom is 0.201 e. The lowest BCUT2D eigenvalue weighted by molar-refractivity contribution is 1.11. The molecule has 0 aliphatic carbocycles. The fourth-order valence-corrected chi connectivity index (χ4v) is 1.72. The van der Waals surface area contributed by atoms with Crippen molar-refractivity contribution < 1.29 is 0 Å². The van der Waals surface area contributed by atoms with E-state index in [1.807, 2.05) is 30.3 Å². The van der Waals surface area contributed by atoms with Crippen LogP contribution in [0.4, 0.5) is 0 Å². The molecular weight excluding hydrogens is 219 g/mol. The molecule has 1 aromatic heterocycles. The first-order valence-electron chi connectivity index (χ1n) is 4.19. The molecule has 0 bridgehead atoms. The molecule has 2 aromatic rings. The van der Waals surface area contributed by atoms with Crippen LogP contribution in [-0.4, -0.2) is 9.97 Å². The van der Waals surface area contributed by atoms with Crippen LogP contribution in [0, 0.1) is 0 Å². The van der Waals surface area contributed by atoms with Gasteiger partial charge >= 0.3 is 0 Å². The van der Waals surface area contributed by atoms with Crippen molar-refractivity contribution in [2.45, 2.75) is 6.42 Å². The van der Waals surface area contributed by atoms with Crippen LogP contribution in [0.5, 0.6) is 0 Å². The number of imidazole rings is 1. The van der Waals surface area contributed by atoms with Crippen LogP contribution in [0.3, 0.4) is 0 Å². The minimum absolute atomic E-state index is 0.334. The summed E-state index contributed by atoms with van der Waals surface area (Å²) in [7, 11) is 0. The van der Waals surface area contributed by atoms with Crippen molar-refractivity contribution in [3.05, 3.63) is 52.0 Å². The summed E-state index contributed by atoms with van der Waals surface area (Å²) >= 11 is 11.5. The van der Waals surface area contributed by atoms with Gasteiger partial charge in [0.1, 0.15) is 0 Å². The second-order valence-electron chi connectivity index (χ2n) is 2.96. The standard InChI is InChI=1S/C10H8Cl2N2/c11-9-8(13-10(12)14-9)6-7-4-2-1-3-5-7/h1-5H,6H2,(H,13,14). The Balaban J connectivity index is 2.23. The minimum atomic E-state index is 0.334. The zero-order valence-electron chi connectivity index (χ0n) is 7.30. The number of hydrogen-bond acceptors (Lipinski definition) is 1. The first kappa shape index (κ1) is 9.56. The van der Waals surface area contributed by atoms with E-state index in [1.165, 1.54) is 5.56 Å². The highest BCUT2D eigenvalue weighted by Crippen LogP contribution is 2.18. The van der Waals surface area contributed by atoms with Crippen LogP contribution in [0.15, 0.2) is 30.3 Å². The molecule has 1 heterocycles. The number of nitrogens with zero attached hydrogens (tertiary/aromatic N) is 1. The Morgan fingerprint density at radius 2 is 1.86 bits per heavy atom. The normalized spacial score (nSPS) is 10.4. The summed E-state index contributed by atoms with van der Waals surface area (Å²) in [5.41, 5.74) is 2.03. The van der Waals surface area contributed by atoms with E-state index in [-0.39, 0.29) is 0 Å². The third kappa shape index (κ3) is 2.08. The van der Waals surface area contributed by atoms with Gasteiger partial charge in [0.05, 0.1) is 5.69 Å². The fraction of sp³-hybridized carbons (Fsp3) is 0.100. The van der Waals surface area contributed by atoms with Crippen LogP contribution >= 0.6 is 23.2 Å². The van der Waals surface area contributed by atoms with Crippen molar-refractivity contribution in [3.8, 4) is 0 Å². The lowest BCUT2D eigenvalue weighted by Crippen LogP contribution is -1.88. The third-order valence-electron chi connectivity index (χ3n) is 1.92. The second-order valence-corrected chi connectivity index (χ2v) is 3.68. The highest BCUT2D eigenvalue weighted by molar-refractivity contribution is 6.32. The molecule has 0 unspecified atom stereocenters. The fourth-order valence-electron chi connectivity index (χ4n) is 1.27. The van der Waals surface area contributed by atoms with E-state index in [0.29, 0.717) is 10.4 Å². The van der Waals surface area contributed by atoms with Crippen molar-refractivity contribution in [1.82, 2.24) is 9.97 Å². The Kier molecular flexibility index (Phi) is 2.75. The summed E-state index contributed by atoms with van der Waals surface area (Å²) in [6, 6.07) is 10.0. The largest absolute Gasteiger partial charge is 0.331 e. The second kappa shape index (κ2) is 4.03. The molecule has 1 aromatic carbocycles. The maximum atomic E-state index is 5.87. The smallest absolute Gasteiger partial charge is 0.201 e. The Morgan fingerprint density at radius 1 is 1.14 bits per heavy atom. The van der Waals surface area contributed by atoms with Crippen molar-refractivity contribution in [2.24, 2.45) is 0 Å². The number of aromatic amines is 1. The molecule has 14 heavy (non-hydrogen) atoms. The number of hydrogen-bond donors (Lipinski definition) is 1. The number of rotatable bonds is 2. The molecule has 2 rings (SSSR count). The van der Waals surface area contributed by atoms with Crippen LogP contribution in [0.2, 0.25) is 10.4 Å². The lowest BCUT2D eigenvalue weighted by atomic mass is 10.1. The Labute approximate surface area is 91.9 Å². The quantitative estimate of drug-likeness (QED) is 0.837.